The molecule has 1 aromatic rings. The molecule has 0 aliphatic heterocycles. The van der Waals surface area contributed by atoms with Gasteiger partial charge in [-0.25, -0.2) is 12.7 Å². The van der Waals surface area contributed by atoms with E-state index in [1.165, 1.54) is 6.07 Å². The van der Waals surface area contributed by atoms with Crippen LogP contribution >= 0.6 is 15.9 Å². The Hall–Kier alpha value is -1.13. The minimum atomic E-state index is -4.85. The van der Waals surface area contributed by atoms with Crippen LogP contribution in [0.4, 0.5) is 13.2 Å². The Balaban J connectivity index is 3.29. The van der Waals surface area contributed by atoms with Crippen molar-refractivity contribution in [3.8, 4) is 0 Å². The van der Waals surface area contributed by atoms with E-state index in [2.05, 4.69) is 15.9 Å². The first kappa shape index (κ1) is 17.9. The number of halogens is 4. The number of benzene rings is 1. The van der Waals surface area contributed by atoms with Crippen LogP contribution in [0.3, 0.4) is 0 Å². The van der Waals surface area contributed by atoms with Crippen molar-refractivity contribution < 1.29 is 31.5 Å². The highest BCUT2D eigenvalue weighted by Crippen LogP contribution is 2.36. The van der Waals surface area contributed by atoms with Gasteiger partial charge in [0.05, 0.1) is 16.9 Å². The summed E-state index contributed by atoms with van der Waals surface area (Å²) in [6.45, 7) is -0.426. The van der Waals surface area contributed by atoms with Crippen molar-refractivity contribution in [3.05, 3.63) is 28.2 Å². The van der Waals surface area contributed by atoms with Gasteiger partial charge in [-0.2, -0.15) is 13.2 Å². The second kappa shape index (κ2) is 6.32. The van der Waals surface area contributed by atoms with Gasteiger partial charge in [0.2, 0.25) is 10.0 Å². The number of carboxylic acid groups (broad SMARTS) is 1. The Morgan fingerprint density at radius 2 is 1.95 bits per heavy atom. The second-order valence-corrected chi connectivity index (χ2v) is 7.04. The van der Waals surface area contributed by atoms with Gasteiger partial charge in [0.25, 0.3) is 0 Å². The normalized spacial score (nSPS) is 12.7. The van der Waals surface area contributed by atoms with E-state index in [0.29, 0.717) is 10.4 Å². The number of carbonyl (C=O) groups is 1. The number of hydrogen-bond donors (Lipinski definition) is 1. The fourth-order valence-corrected chi connectivity index (χ4v) is 3.21. The van der Waals surface area contributed by atoms with Gasteiger partial charge in [0.15, 0.2) is 0 Å². The van der Waals surface area contributed by atoms with Crippen LogP contribution in [0, 0.1) is 0 Å². The Morgan fingerprint density at radius 1 is 1.38 bits per heavy atom. The molecular formula is C11H11BrF3NO4S. The van der Waals surface area contributed by atoms with Crippen molar-refractivity contribution >= 4 is 31.9 Å². The lowest BCUT2D eigenvalue weighted by Gasteiger charge is -2.19. The molecule has 118 valence electrons. The number of nitrogens with zero attached hydrogens (tertiary/aromatic N) is 1. The van der Waals surface area contributed by atoms with E-state index in [0.717, 1.165) is 13.1 Å². The topological polar surface area (TPSA) is 74.7 Å². The Labute approximate surface area is 127 Å². The summed E-state index contributed by atoms with van der Waals surface area (Å²) in [5, 5.41) is 8.51. The summed E-state index contributed by atoms with van der Waals surface area (Å²) in [6, 6.07) is 2.67. The molecule has 0 bridgehead atoms. The van der Waals surface area contributed by atoms with Gasteiger partial charge in [-0.1, -0.05) is 15.9 Å². The van der Waals surface area contributed by atoms with Crippen molar-refractivity contribution in [1.29, 1.82) is 0 Å². The molecule has 10 heteroatoms. The molecule has 0 atom stereocenters. The van der Waals surface area contributed by atoms with Crippen LogP contribution < -0.4 is 0 Å². The van der Waals surface area contributed by atoms with Crippen LogP contribution in [-0.4, -0.2) is 37.4 Å². The monoisotopic (exact) mass is 389 g/mol. The summed E-state index contributed by atoms with van der Waals surface area (Å²) < 4.78 is 63.8. The molecule has 0 aliphatic rings. The van der Waals surface area contributed by atoms with Crippen molar-refractivity contribution in [2.45, 2.75) is 17.5 Å². The quantitative estimate of drug-likeness (QED) is 0.839. The largest absolute Gasteiger partial charge is 0.481 e. The van der Waals surface area contributed by atoms with Crippen LogP contribution in [0.5, 0.6) is 0 Å². The predicted octanol–water partition coefficient (Wildman–Crippen LogP) is 2.56. The van der Waals surface area contributed by atoms with Gasteiger partial charge in [-0.05, 0) is 18.2 Å². The van der Waals surface area contributed by atoms with Crippen LogP contribution in [0.15, 0.2) is 27.6 Å². The highest BCUT2D eigenvalue weighted by atomic mass is 79.9. The molecule has 1 rings (SSSR count). The summed E-state index contributed by atoms with van der Waals surface area (Å²) in [5.74, 6) is -1.25. The Kier molecular flexibility index (Phi) is 5.40. The Morgan fingerprint density at radius 3 is 2.43 bits per heavy atom. The molecule has 0 saturated carbocycles. The molecule has 1 aromatic carbocycles. The SMILES string of the molecule is CN(CCC(=O)O)S(=O)(=O)c1ccc(Br)cc1C(F)(F)F. The lowest BCUT2D eigenvalue weighted by atomic mass is 10.2. The van der Waals surface area contributed by atoms with E-state index in [-0.39, 0.29) is 4.47 Å². The van der Waals surface area contributed by atoms with E-state index in [4.69, 9.17) is 5.11 Å². The van der Waals surface area contributed by atoms with E-state index >= 15 is 0 Å². The van der Waals surface area contributed by atoms with E-state index < -0.39 is 45.6 Å². The van der Waals surface area contributed by atoms with Crippen LogP contribution in [0.2, 0.25) is 0 Å². The maximum atomic E-state index is 12.9. The maximum absolute atomic E-state index is 12.9. The molecule has 0 amide bonds. The van der Waals surface area contributed by atoms with Gasteiger partial charge in [-0.3, -0.25) is 4.79 Å². The zero-order chi connectivity index (χ0) is 16.4. The van der Waals surface area contributed by atoms with Crippen molar-refractivity contribution in [2.75, 3.05) is 13.6 Å². The van der Waals surface area contributed by atoms with Crippen molar-refractivity contribution in [2.24, 2.45) is 0 Å². The number of carboxylic acids is 1. The zero-order valence-corrected chi connectivity index (χ0v) is 13.1. The first-order valence-electron chi connectivity index (χ1n) is 5.51. The average Bonchev–Trinajstić information content (AvgIpc) is 2.34. The molecule has 0 heterocycles. The molecule has 0 saturated heterocycles. The van der Waals surface area contributed by atoms with E-state index in [9.17, 15) is 26.4 Å². The number of alkyl halides is 3. The molecule has 21 heavy (non-hydrogen) atoms. The third-order valence-corrected chi connectivity index (χ3v) is 4.98. The number of aliphatic carboxylic acids is 1. The molecule has 0 radical (unpaired) electrons. The molecular weight excluding hydrogens is 379 g/mol. The number of sulfonamides is 1. The van der Waals surface area contributed by atoms with Gasteiger partial charge in [0.1, 0.15) is 0 Å². The predicted molar refractivity (Wildman–Crippen MR) is 71.2 cm³/mol. The molecule has 0 unspecified atom stereocenters. The molecule has 1 N–H and O–H groups in total. The van der Waals surface area contributed by atoms with Crippen LogP contribution in [0.1, 0.15) is 12.0 Å². The Bertz CT molecular complexity index is 645. The molecule has 0 aliphatic carbocycles. The third kappa shape index (κ3) is 4.42. The molecule has 5 nitrogen and oxygen atoms in total. The second-order valence-electron chi connectivity index (χ2n) is 4.11. The summed E-state index contributed by atoms with van der Waals surface area (Å²) in [7, 11) is -3.41. The highest BCUT2D eigenvalue weighted by Gasteiger charge is 2.38. The van der Waals surface area contributed by atoms with Gasteiger partial charge in [0, 0.05) is 18.1 Å². The van der Waals surface area contributed by atoms with E-state index in [1.807, 2.05) is 0 Å². The minimum absolute atomic E-state index is 0.0852. The summed E-state index contributed by atoms with van der Waals surface area (Å²) >= 11 is 2.86. The number of rotatable bonds is 5. The standard InChI is InChI=1S/C11H11BrF3NO4S/c1-16(5-4-10(17)18)21(19,20)9-3-2-7(12)6-8(9)11(13,14)15/h2-3,6H,4-5H2,1H3,(H,17,18). The van der Waals surface area contributed by atoms with Crippen LogP contribution in [-0.2, 0) is 21.0 Å². The minimum Gasteiger partial charge on any atom is -0.481 e. The van der Waals surface area contributed by atoms with Gasteiger partial charge < -0.3 is 5.11 Å². The third-order valence-electron chi connectivity index (χ3n) is 2.58. The molecule has 0 spiro atoms. The highest BCUT2D eigenvalue weighted by molar-refractivity contribution is 9.10. The fraction of sp³-hybridized carbons (Fsp3) is 0.364. The van der Waals surface area contributed by atoms with Crippen molar-refractivity contribution in [3.63, 3.8) is 0 Å². The zero-order valence-electron chi connectivity index (χ0n) is 10.7. The smallest absolute Gasteiger partial charge is 0.417 e. The molecule has 0 fully saturated rings. The lowest BCUT2D eigenvalue weighted by Crippen LogP contribution is -2.30. The van der Waals surface area contributed by atoms with Gasteiger partial charge in [-0.15, -0.1) is 0 Å². The van der Waals surface area contributed by atoms with Crippen molar-refractivity contribution in [1.82, 2.24) is 4.31 Å². The van der Waals surface area contributed by atoms with Crippen LogP contribution in [0.25, 0.3) is 0 Å². The summed E-state index contributed by atoms with van der Waals surface area (Å²) in [6.07, 6.45) is -5.35. The summed E-state index contributed by atoms with van der Waals surface area (Å²) in [5.41, 5.74) is -1.31. The first-order chi connectivity index (χ1) is 9.46. The number of hydrogen-bond acceptors (Lipinski definition) is 3. The lowest BCUT2D eigenvalue weighted by molar-refractivity contribution is -0.140. The van der Waals surface area contributed by atoms with E-state index in [1.54, 1.807) is 0 Å². The molecule has 0 aromatic heterocycles. The first-order valence-corrected chi connectivity index (χ1v) is 7.74. The maximum Gasteiger partial charge on any atom is 0.417 e. The average molecular weight is 390 g/mol. The van der Waals surface area contributed by atoms with Gasteiger partial charge >= 0.3 is 12.1 Å². The summed E-state index contributed by atoms with van der Waals surface area (Å²) in [4.78, 5) is 9.52. The fourth-order valence-electron chi connectivity index (χ4n) is 1.49.